The van der Waals surface area contributed by atoms with E-state index in [4.69, 9.17) is 0 Å². The summed E-state index contributed by atoms with van der Waals surface area (Å²) in [5, 5.41) is 2.72. The molecule has 0 radical (unpaired) electrons. The van der Waals surface area contributed by atoms with Gasteiger partial charge in [0, 0.05) is 43.1 Å². The second kappa shape index (κ2) is 9.23. The maximum atomic E-state index is 12.9. The van der Waals surface area contributed by atoms with Gasteiger partial charge in [0.05, 0.1) is 12.8 Å². The lowest BCUT2D eigenvalue weighted by Crippen LogP contribution is -2.50. The fraction of sp³-hybridized carbons (Fsp3) is 0.300. The van der Waals surface area contributed by atoms with E-state index in [-0.39, 0.29) is 24.2 Å². The maximum absolute atomic E-state index is 12.9. The van der Waals surface area contributed by atoms with Gasteiger partial charge in [0.2, 0.25) is 15.9 Å². The predicted molar refractivity (Wildman–Crippen MR) is 112 cm³/mol. The molecule has 160 valence electrons. The molecule has 2 aromatic rings. The van der Waals surface area contributed by atoms with E-state index in [1.165, 1.54) is 30.3 Å². The molecule has 2 aromatic carbocycles. The Labute approximate surface area is 174 Å². The van der Waals surface area contributed by atoms with Crippen molar-refractivity contribution in [2.75, 3.05) is 49.0 Å². The molecule has 8 nitrogen and oxygen atoms in total. The van der Waals surface area contributed by atoms with Crippen molar-refractivity contribution in [3.63, 3.8) is 0 Å². The monoisotopic (exact) mass is 434 g/mol. The number of benzene rings is 2. The summed E-state index contributed by atoms with van der Waals surface area (Å²) in [7, 11) is -3.43. The molecule has 0 aromatic heterocycles. The average molecular weight is 434 g/mol. The van der Waals surface area contributed by atoms with Crippen molar-refractivity contribution in [3.05, 3.63) is 59.9 Å². The number of amides is 2. The number of rotatable bonds is 6. The number of carbonyl (C=O) groups is 2. The predicted octanol–water partition coefficient (Wildman–Crippen LogP) is 1.59. The molecule has 3 rings (SSSR count). The van der Waals surface area contributed by atoms with Crippen molar-refractivity contribution < 1.29 is 22.4 Å². The molecule has 2 amide bonds. The summed E-state index contributed by atoms with van der Waals surface area (Å²) in [6, 6.07) is 11.9. The summed E-state index contributed by atoms with van der Waals surface area (Å²) in [6.07, 6.45) is 1.05. The first kappa shape index (κ1) is 21.7. The molecule has 1 fully saturated rings. The van der Waals surface area contributed by atoms with Crippen LogP contribution >= 0.6 is 0 Å². The minimum Gasteiger partial charge on any atom is -0.336 e. The molecule has 0 atom stereocenters. The zero-order chi connectivity index (χ0) is 21.7. The van der Waals surface area contributed by atoms with Gasteiger partial charge in [-0.1, -0.05) is 6.07 Å². The first-order chi connectivity index (χ1) is 14.2. The fourth-order valence-corrected chi connectivity index (χ4v) is 3.71. The van der Waals surface area contributed by atoms with Crippen LogP contribution in [0.25, 0.3) is 0 Å². The van der Waals surface area contributed by atoms with Gasteiger partial charge in [0.1, 0.15) is 5.82 Å². The zero-order valence-corrected chi connectivity index (χ0v) is 17.3. The van der Waals surface area contributed by atoms with Gasteiger partial charge in [0.15, 0.2) is 0 Å². The van der Waals surface area contributed by atoms with E-state index in [0.717, 1.165) is 6.26 Å². The van der Waals surface area contributed by atoms with Crippen LogP contribution in [0.3, 0.4) is 0 Å². The smallest absolute Gasteiger partial charge is 0.254 e. The number of carbonyl (C=O) groups excluding carboxylic acids is 2. The van der Waals surface area contributed by atoms with Crippen molar-refractivity contribution in [1.82, 2.24) is 9.80 Å². The van der Waals surface area contributed by atoms with E-state index in [1.54, 1.807) is 23.1 Å². The van der Waals surface area contributed by atoms with Crippen LogP contribution in [0.1, 0.15) is 10.4 Å². The zero-order valence-electron chi connectivity index (χ0n) is 16.5. The molecular weight excluding hydrogens is 411 g/mol. The second-order valence-corrected chi connectivity index (χ2v) is 8.83. The quantitative estimate of drug-likeness (QED) is 0.720. The van der Waals surface area contributed by atoms with Crippen LogP contribution in [-0.4, -0.2) is 69.0 Å². The van der Waals surface area contributed by atoms with Gasteiger partial charge >= 0.3 is 0 Å². The highest BCUT2D eigenvalue weighted by Gasteiger charge is 2.23. The minimum absolute atomic E-state index is 0.174. The molecule has 0 bridgehead atoms. The molecule has 1 saturated heterocycles. The minimum atomic E-state index is -3.43. The van der Waals surface area contributed by atoms with E-state index in [0.29, 0.717) is 43.1 Å². The molecule has 30 heavy (non-hydrogen) atoms. The highest BCUT2D eigenvalue weighted by molar-refractivity contribution is 7.92. The number of sulfonamides is 1. The molecule has 0 unspecified atom stereocenters. The van der Waals surface area contributed by atoms with Gasteiger partial charge < -0.3 is 10.2 Å². The molecule has 0 aliphatic carbocycles. The second-order valence-electron chi connectivity index (χ2n) is 7.08. The third-order valence-electron chi connectivity index (χ3n) is 4.57. The summed E-state index contributed by atoms with van der Waals surface area (Å²) in [5.41, 5.74) is 1.25. The number of nitrogens with one attached hydrogen (secondary N) is 2. The van der Waals surface area contributed by atoms with Crippen molar-refractivity contribution in [2.45, 2.75) is 0 Å². The summed E-state index contributed by atoms with van der Waals surface area (Å²) in [4.78, 5) is 28.5. The Balaban J connectivity index is 1.51. The number of halogens is 1. The Morgan fingerprint density at radius 3 is 2.30 bits per heavy atom. The van der Waals surface area contributed by atoms with Gasteiger partial charge in [-0.05, 0) is 42.5 Å². The van der Waals surface area contributed by atoms with Gasteiger partial charge in [-0.3, -0.25) is 19.2 Å². The first-order valence-corrected chi connectivity index (χ1v) is 11.2. The third kappa shape index (κ3) is 6.26. The van der Waals surface area contributed by atoms with Crippen LogP contribution in [0.2, 0.25) is 0 Å². The Hall–Kier alpha value is -2.98. The van der Waals surface area contributed by atoms with Gasteiger partial charge in [-0.2, -0.15) is 0 Å². The van der Waals surface area contributed by atoms with E-state index < -0.39 is 10.0 Å². The van der Waals surface area contributed by atoms with Crippen molar-refractivity contribution in [3.8, 4) is 0 Å². The first-order valence-electron chi connectivity index (χ1n) is 9.34. The molecule has 1 heterocycles. The lowest BCUT2D eigenvalue weighted by atomic mass is 10.1. The van der Waals surface area contributed by atoms with Gasteiger partial charge in [0.25, 0.3) is 5.91 Å². The summed E-state index contributed by atoms with van der Waals surface area (Å²) in [5.74, 6) is -0.769. The van der Waals surface area contributed by atoms with Crippen LogP contribution in [0.15, 0.2) is 48.5 Å². The Kier molecular flexibility index (Phi) is 6.68. The van der Waals surface area contributed by atoms with Crippen LogP contribution in [-0.2, 0) is 14.8 Å². The van der Waals surface area contributed by atoms with E-state index in [2.05, 4.69) is 10.0 Å². The van der Waals surface area contributed by atoms with Crippen LogP contribution in [0, 0.1) is 5.82 Å². The molecule has 0 saturated carbocycles. The standard InChI is InChI=1S/C20H23FN4O4S/c1-30(28,29)23-18-4-2-3-15(13-18)20(27)25-11-9-24(10-12-25)14-19(26)22-17-7-5-16(21)6-8-17/h2-8,13,23H,9-12,14H2,1H3,(H,22,26). The van der Waals surface area contributed by atoms with Crippen LogP contribution < -0.4 is 10.0 Å². The summed E-state index contributed by atoms with van der Waals surface area (Å²) >= 11 is 0. The molecule has 2 N–H and O–H groups in total. The van der Waals surface area contributed by atoms with E-state index >= 15 is 0 Å². The van der Waals surface area contributed by atoms with Gasteiger partial charge in [-0.25, -0.2) is 12.8 Å². The number of hydrogen-bond donors (Lipinski definition) is 2. The van der Waals surface area contributed by atoms with Crippen molar-refractivity contribution in [1.29, 1.82) is 0 Å². The molecular formula is C20H23FN4O4S. The Bertz CT molecular complexity index is 1020. The van der Waals surface area contributed by atoms with Crippen LogP contribution in [0.5, 0.6) is 0 Å². The molecule has 0 spiro atoms. The van der Waals surface area contributed by atoms with E-state index in [1.807, 2.05) is 4.90 Å². The third-order valence-corrected chi connectivity index (χ3v) is 5.17. The highest BCUT2D eigenvalue weighted by Crippen LogP contribution is 2.15. The SMILES string of the molecule is CS(=O)(=O)Nc1cccc(C(=O)N2CCN(CC(=O)Nc3ccc(F)cc3)CC2)c1. The molecule has 1 aliphatic rings. The Morgan fingerprint density at radius 1 is 1.00 bits per heavy atom. The maximum Gasteiger partial charge on any atom is 0.254 e. The number of hydrogen-bond acceptors (Lipinski definition) is 5. The fourth-order valence-electron chi connectivity index (χ4n) is 3.16. The molecule has 1 aliphatic heterocycles. The highest BCUT2D eigenvalue weighted by atomic mass is 32.2. The Morgan fingerprint density at radius 2 is 1.67 bits per heavy atom. The lowest BCUT2D eigenvalue weighted by molar-refractivity contribution is -0.117. The van der Waals surface area contributed by atoms with Gasteiger partial charge in [-0.15, -0.1) is 0 Å². The van der Waals surface area contributed by atoms with E-state index in [9.17, 15) is 22.4 Å². The summed E-state index contributed by atoms with van der Waals surface area (Å²) in [6.45, 7) is 2.14. The lowest BCUT2D eigenvalue weighted by Gasteiger charge is -2.34. The van der Waals surface area contributed by atoms with Crippen LogP contribution in [0.4, 0.5) is 15.8 Å². The average Bonchev–Trinajstić information content (AvgIpc) is 2.69. The van der Waals surface area contributed by atoms with Crippen molar-refractivity contribution >= 4 is 33.2 Å². The number of piperazine rings is 1. The number of anilines is 2. The normalized spacial score (nSPS) is 14.9. The topological polar surface area (TPSA) is 98.8 Å². The number of nitrogens with zero attached hydrogens (tertiary/aromatic N) is 2. The largest absolute Gasteiger partial charge is 0.336 e. The van der Waals surface area contributed by atoms with Crippen molar-refractivity contribution in [2.24, 2.45) is 0 Å². The molecule has 10 heteroatoms. The summed E-state index contributed by atoms with van der Waals surface area (Å²) < 4.78 is 38.0.